The van der Waals surface area contributed by atoms with E-state index in [-0.39, 0.29) is 0 Å². The Morgan fingerprint density at radius 2 is 1.95 bits per heavy atom. The van der Waals surface area contributed by atoms with E-state index in [9.17, 15) is 0 Å². The Hall–Kier alpha value is -1.29. The second-order valence-electron chi connectivity index (χ2n) is 5.83. The van der Waals surface area contributed by atoms with Crippen LogP contribution in [0, 0.1) is 0 Å². The lowest BCUT2D eigenvalue weighted by Crippen LogP contribution is -2.06. The topological polar surface area (TPSA) is 41.6 Å². The number of H-pyrrole nitrogens is 1. The van der Waals surface area contributed by atoms with Crippen molar-refractivity contribution in [3.8, 4) is 0 Å². The van der Waals surface area contributed by atoms with Gasteiger partial charge in [-0.2, -0.15) is 5.10 Å². The smallest absolute Gasteiger partial charge is 0.153 e. The first-order valence-electron chi connectivity index (χ1n) is 7.57. The van der Waals surface area contributed by atoms with Crippen LogP contribution in [-0.2, 0) is 6.42 Å². The highest BCUT2D eigenvalue weighted by molar-refractivity contribution is 7.99. The molecule has 20 heavy (non-hydrogen) atoms. The van der Waals surface area contributed by atoms with Crippen molar-refractivity contribution in [2.75, 3.05) is 0 Å². The molecule has 1 aromatic heterocycles. The lowest BCUT2D eigenvalue weighted by molar-refractivity contribution is 0.429. The maximum Gasteiger partial charge on any atom is 0.153 e. The van der Waals surface area contributed by atoms with E-state index in [1.807, 2.05) is 11.8 Å². The van der Waals surface area contributed by atoms with Gasteiger partial charge in [0.1, 0.15) is 5.82 Å². The number of aromatic nitrogens is 3. The first-order valence-corrected chi connectivity index (χ1v) is 8.45. The van der Waals surface area contributed by atoms with Gasteiger partial charge in [-0.1, -0.05) is 37.5 Å². The van der Waals surface area contributed by atoms with Gasteiger partial charge in [-0.25, -0.2) is 4.98 Å². The number of fused-ring (bicyclic) bond motifs is 1. The van der Waals surface area contributed by atoms with Gasteiger partial charge in [-0.3, -0.25) is 5.10 Å². The molecule has 4 heteroatoms. The van der Waals surface area contributed by atoms with Gasteiger partial charge in [0, 0.05) is 10.8 Å². The summed E-state index contributed by atoms with van der Waals surface area (Å²) in [6, 6.07) is 8.66. The highest BCUT2D eigenvalue weighted by atomic mass is 32.2. The van der Waals surface area contributed by atoms with E-state index in [1.54, 1.807) is 0 Å². The van der Waals surface area contributed by atoms with Crippen LogP contribution in [0.3, 0.4) is 0 Å². The number of nitrogens with zero attached hydrogens (tertiary/aromatic N) is 2. The summed E-state index contributed by atoms with van der Waals surface area (Å²) in [7, 11) is 0. The second kappa shape index (κ2) is 5.24. The Kier molecular flexibility index (Phi) is 3.26. The number of rotatable bonds is 2. The standard InChI is InChI=1S/C16H19N3S/c1-2-6-11(7-3-1)15-17-16(19-18-15)14-10-12-8-4-5-9-13(12)20-14/h4-5,8-9,11,14H,1-3,6-7,10H2,(H,17,18,19). The first-order chi connectivity index (χ1) is 9.90. The molecular formula is C16H19N3S. The van der Waals surface area contributed by atoms with Crippen molar-refractivity contribution < 1.29 is 0 Å². The van der Waals surface area contributed by atoms with E-state index >= 15 is 0 Å². The average Bonchev–Trinajstić information content (AvgIpc) is 3.14. The molecule has 2 heterocycles. The van der Waals surface area contributed by atoms with E-state index in [0.29, 0.717) is 11.2 Å². The van der Waals surface area contributed by atoms with Crippen molar-refractivity contribution in [2.45, 2.75) is 54.6 Å². The number of hydrogen-bond acceptors (Lipinski definition) is 3. The molecule has 1 unspecified atom stereocenters. The molecule has 0 spiro atoms. The molecule has 1 saturated carbocycles. The van der Waals surface area contributed by atoms with Gasteiger partial charge in [-0.05, 0) is 30.9 Å². The van der Waals surface area contributed by atoms with Crippen molar-refractivity contribution in [3.63, 3.8) is 0 Å². The predicted molar refractivity (Wildman–Crippen MR) is 81.0 cm³/mol. The summed E-state index contributed by atoms with van der Waals surface area (Å²) in [5.74, 6) is 2.70. The molecule has 1 atom stereocenters. The molecule has 0 saturated heterocycles. The number of thioether (sulfide) groups is 1. The highest BCUT2D eigenvalue weighted by Crippen LogP contribution is 2.45. The van der Waals surface area contributed by atoms with Crippen LogP contribution in [-0.4, -0.2) is 15.2 Å². The minimum atomic E-state index is 0.414. The summed E-state index contributed by atoms with van der Waals surface area (Å²) < 4.78 is 0. The van der Waals surface area contributed by atoms with Crippen LogP contribution < -0.4 is 0 Å². The van der Waals surface area contributed by atoms with Gasteiger partial charge in [0.15, 0.2) is 5.82 Å². The van der Waals surface area contributed by atoms with Gasteiger partial charge in [-0.15, -0.1) is 11.8 Å². The molecule has 1 aliphatic carbocycles. The predicted octanol–water partition coefficient (Wildman–Crippen LogP) is 4.24. The van der Waals surface area contributed by atoms with Crippen molar-refractivity contribution in [1.82, 2.24) is 15.2 Å². The fourth-order valence-corrected chi connectivity index (χ4v) is 4.56. The summed E-state index contributed by atoms with van der Waals surface area (Å²) in [5.41, 5.74) is 1.44. The molecule has 1 fully saturated rings. The van der Waals surface area contributed by atoms with Crippen LogP contribution >= 0.6 is 11.8 Å². The van der Waals surface area contributed by atoms with Crippen LogP contribution in [0.1, 0.15) is 60.5 Å². The van der Waals surface area contributed by atoms with Gasteiger partial charge in [0.2, 0.25) is 0 Å². The zero-order chi connectivity index (χ0) is 13.4. The maximum absolute atomic E-state index is 4.81. The second-order valence-corrected chi connectivity index (χ2v) is 7.08. The Labute approximate surface area is 123 Å². The summed E-state index contributed by atoms with van der Waals surface area (Å²) >= 11 is 1.92. The molecule has 1 aromatic carbocycles. The van der Waals surface area contributed by atoms with E-state index in [1.165, 1.54) is 42.6 Å². The van der Waals surface area contributed by atoms with Crippen LogP contribution in [0.2, 0.25) is 0 Å². The van der Waals surface area contributed by atoms with Crippen LogP contribution in [0.5, 0.6) is 0 Å². The van der Waals surface area contributed by atoms with Crippen molar-refractivity contribution >= 4 is 11.8 Å². The number of nitrogens with one attached hydrogen (secondary N) is 1. The van der Waals surface area contributed by atoms with Gasteiger partial charge >= 0.3 is 0 Å². The number of hydrogen-bond donors (Lipinski definition) is 1. The minimum absolute atomic E-state index is 0.414. The molecule has 3 nitrogen and oxygen atoms in total. The minimum Gasteiger partial charge on any atom is -0.262 e. The molecule has 104 valence electrons. The molecule has 0 amide bonds. The van der Waals surface area contributed by atoms with E-state index in [0.717, 1.165) is 18.1 Å². The molecule has 0 bridgehead atoms. The third kappa shape index (κ3) is 2.26. The van der Waals surface area contributed by atoms with Crippen LogP contribution in [0.15, 0.2) is 29.2 Å². The number of benzene rings is 1. The normalized spacial score (nSPS) is 22.9. The first kappa shape index (κ1) is 12.5. The van der Waals surface area contributed by atoms with Crippen molar-refractivity contribution in [2.24, 2.45) is 0 Å². The monoisotopic (exact) mass is 285 g/mol. The highest BCUT2D eigenvalue weighted by Gasteiger charge is 2.27. The Morgan fingerprint density at radius 3 is 2.80 bits per heavy atom. The molecule has 4 rings (SSSR count). The van der Waals surface area contributed by atoms with Crippen molar-refractivity contribution in [3.05, 3.63) is 41.5 Å². The molecular weight excluding hydrogens is 266 g/mol. The Bertz CT molecular complexity index is 576. The van der Waals surface area contributed by atoms with E-state index < -0.39 is 0 Å². The average molecular weight is 285 g/mol. The number of aromatic amines is 1. The molecule has 1 aliphatic heterocycles. The summed E-state index contributed by atoms with van der Waals surface area (Å²) in [6.07, 6.45) is 7.63. The lowest BCUT2D eigenvalue weighted by atomic mass is 9.89. The SMILES string of the molecule is c1ccc2c(c1)CC(c1nc(C3CCCCC3)n[nH]1)S2. The quantitative estimate of drug-likeness (QED) is 0.897. The largest absolute Gasteiger partial charge is 0.262 e. The fourth-order valence-electron chi connectivity index (χ4n) is 3.31. The maximum atomic E-state index is 4.81. The Morgan fingerprint density at radius 1 is 1.10 bits per heavy atom. The van der Waals surface area contributed by atoms with Crippen LogP contribution in [0.25, 0.3) is 0 Å². The van der Waals surface area contributed by atoms with Crippen molar-refractivity contribution in [1.29, 1.82) is 0 Å². The van der Waals surface area contributed by atoms with E-state index in [2.05, 4.69) is 34.5 Å². The zero-order valence-electron chi connectivity index (χ0n) is 11.5. The fraction of sp³-hybridized carbons (Fsp3) is 0.500. The summed E-state index contributed by atoms with van der Waals surface area (Å²) in [5, 5.41) is 8.11. The van der Waals surface area contributed by atoms with Gasteiger partial charge < -0.3 is 0 Å². The third-order valence-corrected chi connectivity index (χ3v) is 5.77. The summed E-state index contributed by atoms with van der Waals surface area (Å²) in [4.78, 5) is 6.21. The molecule has 0 radical (unpaired) electrons. The van der Waals surface area contributed by atoms with Gasteiger partial charge in [0.05, 0.1) is 5.25 Å². The molecule has 1 N–H and O–H groups in total. The third-order valence-electron chi connectivity index (χ3n) is 4.44. The van der Waals surface area contributed by atoms with Gasteiger partial charge in [0.25, 0.3) is 0 Å². The Balaban J connectivity index is 1.52. The van der Waals surface area contributed by atoms with E-state index in [4.69, 9.17) is 4.98 Å². The zero-order valence-corrected chi connectivity index (χ0v) is 12.3. The molecule has 2 aromatic rings. The summed E-state index contributed by atoms with van der Waals surface area (Å²) in [6.45, 7) is 0. The van der Waals surface area contributed by atoms with Crippen LogP contribution in [0.4, 0.5) is 0 Å². The molecule has 2 aliphatic rings. The lowest BCUT2D eigenvalue weighted by Gasteiger charge is -2.18.